The summed E-state index contributed by atoms with van der Waals surface area (Å²) in [7, 11) is 0. The molecule has 1 fully saturated rings. The minimum Gasteiger partial charge on any atom is -0.314 e. The molecule has 1 aliphatic heterocycles. The van der Waals surface area contributed by atoms with Crippen molar-refractivity contribution in [3.05, 3.63) is 35.4 Å². The van der Waals surface area contributed by atoms with Gasteiger partial charge in [0.15, 0.2) is 0 Å². The van der Waals surface area contributed by atoms with Gasteiger partial charge in [0, 0.05) is 30.8 Å². The number of halogens is 2. The summed E-state index contributed by atoms with van der Waals surface area (Å²) < 4.78 is 26.6. The Hall–Kier alpha value is -1.00. The Kier molecular flexibility index (Phi) is 5.49. The van der Waals surface area contributed by atoms with Crippen LogP contribution in [0.2, 0.25) is 0 Å². The normalized spacial score (nSPS) is 20.6. The molecule has 0 saturated carbocycles. The van der Waals surface area contributed by atoms with Gasteiger partial charge in [0.1, 0.15) is 11.6 Å². The highest BCUT2D eigenvalue weighted by molar-refractivity contribution is 5.18. The number of piperidine rings is 1. The van der Waals surface area contributed by atoms with Gasteiger partial charge in [-0.25, -0.2) is 8.78 Å². The standard InChI is InChI=1S/C16H24F2N2/c1-12(2)19-9-13-4-3-7-20(10-13)11-14-5-6-15(17)8-16(14)18/h5-6,8,12-13,19H,3-4,7,9-11H2,1-2H3. The van der Waals surface area contributed by atoms with Crippen LogP contribution >= 0.6 is 0 Å². The smallest absolute Gasteiger partial charge is 0.130 e. The fourth-order valence-electron chi connectivity index (χ4n) is 2.75. The van der Waals surface area contributed by atoms with Crippen molar-refractivity contribution in [3.63, 3.8) is 0 Å². The van der Waals surface area contributed by atoms with Gasteiger partial charge in [-0.15, -0.1) is 0 Å². The number of benzene rings is 1. The van der Waals surface area contributed by atoms with Gasteiger partial charge in [-0.1, -0.05) is 19.9 Å². The molecular weight excluding hydrogens is 258 g/mol. The van der Waals surface area contributed by atoms with E-state index in [2.05, 4.69) is 24.1 Å². The van der Waals surface area contributed by atoms with Crippen molar-refractivity contribution in [1.82, 2.24) is 10.2 Å². The van der Waals surface area contributed by atoms with Crippen molar-refractivity contribution in [2.75, 3.05) is 19.6 Å². The Morgan fingerprint density at radius 3 is 2.85 bits per heavy atom. The summed E-state index contributed by atoms with van der Waals surface area (Å²) in [5.41, 5.74) is 0.587. The third kappa shape index (κ3) is 4.53. The molecule has 1 heterocycles. The van der Waals surface area contributed by atoms with Crippen LogP contribution in [-0.4, -0.2) is 30.6 Å². The fraction of sp³-hybridized carbons (Fsp3) is 0.625. The fourth-order valence-corrected chi connectivity index (χ4v) is 2.75. The van der Waals surface area contributed by atoms with Gasteiger partial charge in [0.05, 0.1) is 0 Å². The lowest BCUT2D eigenvalue weighted by Gasteiger charge is -2.33. The molecule has 1 unspecified atom stereocenters. The third-order valence-corrected chi connectivity index (χ3v) is 3.83. The average molecular weight is 282 g/mol. The summed E-state index contributed by atoms with van der Waals surface area (Å²) in [4.78, 5) is 2.27. The molecule has 4 heteroatoms. The largest absolute Gasteiger partial charge is 0.314 e. The molecule has 1 aliphatic rings. The van der Waals surface area contributed by atoms with Crippen LogP contribution in [0.25, 0.3) is 0 Å². The Morgan fingerprint density at radius 1 is 1.35 bits per heavy atom. The Bertz CT molecular complexity index is 434. The second-order valence-electron chi connectivity index (χ2n) is 6.04. The lowest BCUT2D eigenvalue weighted by molar-refractivity contribution is 0.162. The molecule has 0 aromatic heterocycles. The molecule has 2 rings (SSSR count). The van der Waals surface area contributed by atoms with E-state index in [0.29, 0.717) is 24.1 Å². The van der Waals surface area contributed by atoms with Gasteiger partial charge >= 0.3 is 0 Å². The van der Waals surface area contributed by atoms with Crippen LogP contribution in [0.15, 0.2) is 18.2 Å². The maximum absolute atomic E-state index is 13.7. The SMILES string of the molecule is CC(C)NCC1CCCN(Cc2ccc(F)cc2F)C1. The molecule has 1 N–H and O–H groups in total. The summed E-state index contributed by atoms with van der Waals surface area (Å²) >= 11 is 0. The lowest BCUT2D eigenvalue weighted by atomic mass is 9.97. The molecule has 0 radical (unpaired) electrons. The molecule has 0 spiro atoms. The van der Waals surface area contributed by atoms with Gasteiger partial charge in [0.25, 0.3) is 0 Å². The van der Waals surface area contributed by atoms with E-state index in [1.807, 2.05) is 0 Å². The predicted octanol–water partition coefficient (Wildman–Crippen LogP) is 3.17. The molecule has 112 valence electrons. The van der Waals surface area contributed by atoms with Crippen molar-refractivity contribution in [2.45, 2.75) is 39.3 Å². The highest BCUT2D eigenvalue weighted by Crippen LogP contribution is 2.19. The quantitative estimate of drug-likeness (QED) is 0.892. The molecular formula is C16H24F2N2. The van der Waals surface area contributed by atoms with Crippen LogP contribution in [0.1, 0.15) is 32.3 Å². The van der Waals surface area contributed by atoms with E-state index in [-0.39, 0.29) is 0 Å². The monoisotopic (exact) mass is 282 g/mol. The van der Waals surface area contributed by atoms with Gasteiger partial charge in [-0.3, -0.25) is 4.90 Å². The topological polar surface area (TPSA) is 15.3 Å². The van der Waals surface area contributed by atoms with Crippen LogP contribution in [0.4, 0.5) is 8.78 Å². The predicted molar refractivity (Wildman–Crippen MR) is 77.5 cm³/mol. The van der Waals surface area contributed by atoms with Crippen molar-refractivity contribution < 1.29 is 8.78 Å². The number of hydrogen-bond donors (Lipinski definition) is 1. The van der Waals surface area contributed by atoms with E-state index in [4.69, 9.17) is 0 Å². The zero-order valence-electron chi connectivity index (χ0n) is 12.3. The molecule has 1 saturated heterocycles. The van der Waals surface area contributed by atoms with Gasteiger partial charge in [-0.05, 0) is 37.9 Å². The molecule has 1 aromatic carbocycles. The van der Waals surface area contributed by atoms with E-state index < -0.39 is 11.6 Å². The molecule has 2 nitrogen and oxygen atoms in total. The van der Waals surface area contributed by atoms with Gasteiger partial charge in [0.2, 0.25) is 0 Å². The summed E-state index contributed by atoms with van der Waals surface area (Å²) in [6, 6.07) is 4.36. The molecule has 1 atom stereocenters. The number of nitrogens with zero attached hydrogens (tertiary/aromatic N) is 1. The first-order valence-corrected chi connectivity index (χ1v) is 7.44. The first-order valence-electron chi connectivity index (χ1n) is 7.44. The van der Waals surface area contributed by atoms with E-state index in [1.54, 1.807) is 6.07 Å². The number of likely N-dealkylation sites (tertiary alicyclic amines) is 1. The summed E-state index contributed by atoms with van der Waals surface area (Å²) in [5, 5.41) is 3.47. The minimum atomic E-state index is -0.510. The maximum Gasteiger partial charge on any atom is 0.130 e. The van der Waals surface area contributed by atoms with Crippen LogP contribution in [0.5, 0.6) is 0 Å². The minimum absolute atomic E-state index is 0.438. The third-order valence-electron chi connectivity index (χ3n) is 3.83. The molecule has 0 amide bonds. The first-order chi connectivity index (χ1) is 9.54. The Balaban J connectivity index is 1.89. The highest BCUT2D eigenvalue weighted by Gasteiger charge is 2.20. The van der Waals surface area contributed by atoms with Gasteiger partial charge in [-0.2, -0.15) is 0 Å². The number of rotatable bonds is 5. The van der Waals surface area contributed by atoms with E-state index >= 15 is 0 Å². The second kappa shape index (κ2) is 7.14. The zero-order valence-corrected chi connectivity index (χ0v) is 12.3. The van der Waals surface area contributed by atoms with Crippen molar-refractivity contribution in [1.29, 1.82) is 0 Å². The molecule has 1 aromatic rings. The second-order valence-corrected chi connectivity index (χ2v) is 6.04. The van der Waals surface area contributed by atoms with Crippen molar-refractivity contribution in [3.8, 4) is 0 Å². The first kappa shape index (κ1) is 15.4. The van der Waals surface area contributed by atoms with Crippen LogP contribution in [0.3, 0.4) is 0 Å². The van der Waals surface area contributed by atoms with Crippen LogP contribution < -0.4 is 5.32 Å². The summed E-state index contributed by atoms with van der Waals surface area (Å²) in [6.07, 6.45) is 2.37. The van der Waals surface area contributed by atoms with Crippen molar-refractivity contribution in [2.24, 2.45) is 5.92 Å². The summed E-state index contributed by atoms with van der Waals surface area (Å²) in [6.45, 7) is 7.86. The Morgan fingerprint density at radius 2 is 2.15 bits per heavy atom. The lowest BCUT2D eigenvalue weighted by Crippen LogP contribution is -2.40. The number of nitrogens with one attached hydrogen (secondary N) is 1. The molecule has 0 aliphatic carbocycles. The summed E-state index contributed by atoms with van der Waals surface area (Å²) in [5.74, 6) is -0.328. The molecule has 20 heavy (non-hydrogen) atoms. The van der Waals surface area contributed by atoms with E-state index in [1.165, 1.54) is 12.5 Å². The maximum atomic E-state index is 13.7. The van der Waals surface area contributed by atoms with Gasteiger partial charge < -0.3 is 5.32 Å². The van der Waals surface area contributed by atoms with Crippen LogP contribution in [0, 0.1) is 17.6 Å². The Labute approximate surface area is 120 Å². The number of hydrogen-bond acceptors (Lipinski definition) is 2. The highest BCUT2D eigenvalue weighted by atomic mass is 19.1. The molecule has 0 bridgehead atoms. The van der Waals surface area contributed by atoms with E-state index in [9.17, 15) is 8.78 Å². The van der Waals surface area contributed by atoms with Crippen molar-refractivity contribution >= 4 is 0 Å². The zero-order chi connectivity index (χ0) is 14.5. The average Bonchev–Trinajstić information content (AvgIpc) is 2.40. The van der Waals surface area contributed by atoms with Crippen LogP contribution in [-0.2, 0) is 6.54 Å². The van der Waals surface area contributed by atoms with E-state index in [0.717, 1.165) is 32.1 Å².